The Labute approximate surface area is 90.0 Å². The number of carbonyl (C=O) groups is 1. The first-order valence-corrected chi connectivity index (χ1v) is 4.70. The van der Waals surface area contributed by atoms with Gasteiger partial charge in [0.25, 0.3) is 0 Å². The van der Waals surface area contributed by atoms with Gasteiger partial charge in [-0.2, -0.15) is 0 Å². The number of aromatic carboxylic acids is 1. The molecule has 0 radical (unpaired) electrons. The number of carboxylic acid groups (broad SMARTS) is 1. The van der Waals surface area contributed by atoms with E-state index in [0.29, 0.717) is 4.47 Å². The van der Waals surface area contributed by atoms with Crippen molar-refractivity contribution in [2.45, 2.75) is 0 Å². The summed E-state index contributed by atoms with van der Waals surface area (Å²) in [5, 5.41) is 8.63. The Morgan fingerprint density at radius 3 is 2.46 bits per heavy atom. The van der Waals surface area contributed by atoms with Gasteiger partial charge in [-0.05, 0) is 37.9 Å². The Hall–Kier alpha value is -0.620. The summed E-state index contributed by atoms with van der Waals surface area (Å²) in [5.74, 6) is -2.26. The van der Waals surface area contributed by atoms with Gasteiger partial charge in [-0.25, -0.2) is 9.18 Å². The van der Waals surface area contributed by atoms with Gasteiger partial charge >= 0.3 is 5.97 Å². The monoisotopic (exact) mass is 311 g/mol. The number of rotatable bonds is 1. The molecular formula is C7H4Br2FNO2. The number of hydrogen-bond donors (Lipinski definition) is 2. The second kappa shape index (κ2) is 3.63. The number of anilines is 1. The minimum atomic E-state index is -1.39. The van der Waals surface area contributed by atoms with Gasteiger partial charge in [0.15, 0.2) is 5.82 Å². The Bertz CT molecular complexity index is 355. The highest BCUT2D eigenvalue weighted by Crippen LogP contribution is 2.31. The van der Waals surface area contributed by atoms with E-state index in [1.807, 2.05) is 0 Å². The van der Waals surface area contributed by atoms with Crippen LogP contribution in [0.1, 0.15) is 10.4 Å². The summed E-state index contributed by atoms with van der Waals surface area (Å²) in [6.45, 7) is 0. The van der Waals surface area contributed by atoms with Gasteiger partial charge in [0.1, 0.15) is 5.56 Å². The SMILES string of the molecule is Nc1c(Br)cc(Br)c(F)c1C(=O)O. The Morgan fingerprint density at radius 2 is 2.00 bits per heavy atom. The van der Waals surface area contributed by atoms with Crippen LogP contribution in [0.25, 0.3) is 0 Å². The van der Waals surface area contributed by atoms with Crippen molar-refractivity contribution in [3.63, 3.8) is 0 Å². The van der Waals surface area contributed by atoms with E-state index >= 15 is 0 Å². The van der Waals surface area contributed by atoms with Crippen LogP contribution in [-0.2, 0) is 0 Å². The molecule has 0 aromatic heterocycles. The number of nitrogen functional groups attached to an aromatic ring is 1. The van der Waals surface area contributed by atoms with Crippen molar-refractivity contribution in [3.8, 4) is 0 Å². The third kappa shape index (κ3) is 1.83. The fraction of sp³-hybridized carbons (Fsp3) is 0. The molecule has 1 aromatic carbocycles. The van der Waals surface area contributed by atoms with E-state index in [0.717, 1.165) is 0 Å². The van der Waals surface area contributed by atoms with E-state index in [9.17, 15) is 9.18 Å². The molecule has 0 atom stereocenters. The van der Waals surface area contributed by atoms with Crippen LogP contribution in [0.2, 0.25) is 0 Å². The van der Waals surface area contributed by atoms with E-state index < -0.39 is 17.3 Å². The van der Waals surface area contributed by atoms with E-state index in [2.05, 4.69) is 31.9 Å². The average Bonchev–Trinajstić information content (AvgIpc) is 2.01. The fourth-order valence-electron chi connectivity index (χ4n) is 0.819. The minimum Gasteiger partial charge on any atom is -0.478 e. The number of carboxylic acids is 1. The normalized spacial score (nSPS) is 10.1. The molecule has 0 aliphatic carbocycles. The quantitative estimate of drug-likeness (QED) is 0.619. The van der Waals surface area contributed by atoms with Crippen LogP contribution in [0.15, 0.2) is 15.0 Å². The first-order valence-electron chi connectivity index (χ1n) is 3.11. The Kier molecular flexibility index (Phi) is 2.92. The summed E-state index contributed by atoms with van der Waals surface area (Å²) in [7, 11) is 0. The summed E-state index contributed by atoms with van der Waals surface area (Å²) in [6, 6.07) is 1.36. The van der Waals surface area contributed by atoms with Crippen LogP contribution in [0.5, 0.6) is 0 Å². The predicted molar refractivity (Wildman–Crippen MR) is 53.2 cm³/mol. The zero-order chi connectivity index (χ0) is 10.2. The average molecular weight is 313 g/mol. The van der Waals surface area contributed by atoms with E-state index in [-0.39, 0.29) is 10.2 Å². The molecule has 0 aliphatic heterocycles. The summed E-state index contributed by atoms with van der Waals surface area (Å²) in [4.78, 5) is 10.6. The maximum absolute atomic E-state index is 13.2. The van der Waals surface area contributed by atoms with Gasteiger partial charge < -0.3 is 10.8 Å². The van der Waals surface area contributed by atoms with Gasteiger partial charge in [-0.3, -0.25) is 0 Å². The van der Waals surface area contributed by atoms with Crippen molar-refractivity contribution >= 4 is 43.5 Å². The molecule has 0 heterocycles. The third-order valence-corrected chi connectivity index (χ3v) is 2.66. The molecule has 0 aliphatic rings. The molecule has 0 saturated carbocycles. The lowest BCUT2D eigenvalue weighted by atomic mass is 10.2. The largest absolute Gasteiger partial charge is 0.478 e. The third-order valence-electron chi connectivity index (χ3n) is 1.42. The molecule has 0 bridgehead atoms. The second-order valence-electron chi connectivity index (χ2n) is 2.25. The number of nitrogens with two attached hydrogens (primary N) is 1. The van der Waals surface area contributed by atoms with E-state index in [4.69, 9.17) is 10.8 Å². The number of hydrogen-bond acceptors (Lipinski definition) is 2. The summed E-state index contributed by atoms with van der Waals surface area (Å²) < 4.78 is 13.6. The highest BCUT2D eigenvalue weighted by Gasteiger charge is 2.19. The smallest absolute Gasteiger partial charge is 0.340 e. The van der Waals surface area contributed by atoms with Crippen molar-refractivity contribution in [1.29, 1.82) is 0 Å². The molecule has 1 aromatic rings. The molecule has 1 rings (SSSR count). The Balaban J connectivity index is 3.56. The molecule has 6 heteroatoms. The predicted octanol–water partition coefficient (Wildman–Crippen LogP) is 2.63. The molecule has 0 spiro atoms. The molecule has 3 N–H and O–H groups in total. The van der Waals surface area contributed by atoms with Crippen LogP contribution in [0.4, 0.5) is 10.1 Å². The summed E-state index contributed by atoms with van der Waals surface area (Å²) in [6.07, 6.45) is 0. The molecular weight excluding hydrogens is 309 g/mol. The minimum absolute atomic E-state index is 0.0611. The highest BCUT2D eigenvalue weighted by molar-refractivity contribution is 9.11. The lowest BCUT2D eigenvalue weighted by Gasteiger charge is -2.05. The second-order valence-corrected chi connectivity index (χ2v) is 3.96. The molecule has 0 unspecified atom stereocenters. The van der Waals surface area contributed by atoms with Crippen molar-refractivity contribution in [3.05, 3.63) is 26.4 Å². The van der Waals surface area contributed by atoms with Crippen LogP contribution in [0.3, 0.4) is 0 Å². The lowest BCUT2D eigenvalue weighted by molar-refractivity contribution is 0.0693. The van der Waals surface area contributed by atoms with Crippen LogP contribution < -0.4 is 5.73 Å². The topological polar surface area (TPSA) is 63.3 Å². The summed E-state index contributed by atoms with van der Waals surface area (Å²) >= 11 is 5.89. The Morgan fingerprint density at radius 1 is 1.46 bits per heavy atom. The molecule has 3 nitrogen and oxygen atoms in total. The van der Waals surface area contributed by atoms with Crippen molar-refractivity contribution in [2.24, 2.45) is 0 Å². The van der Waals surface area contributed by atoms with Gasteiger partial charge in [-0.15, -0.1) is 0 Å². The van der Waals surface area contributed by atoms with Crippen LogP contribution in [-0.4, -0.2) is 11.1 Å². The first-order chi connectivity index (χ1) is 5.95. The zero-order valence-corrected chi connectivity index (χ0v) is 9.32. The zero-order valence-electron chi connectivity index (χ0n) is 6.14. The first kappa shape index (κ1) is 10.5. The lowest BCUT2D eigenvalue weighted by Crippen LogP contribution is -2.07. The number of benzene rings is 1. The van der Waals surface area contributed by atoms with Gasteiger partial charge in [0, 0.05) is 4.47 Å². The summed E-state index contributed by atoms with van der Waals surface area (Å²) in [5.41, 5.74) is 4.72. The molecule has 0 saturated heterocycles. The number of halogens is 3. The highest BCUT2D eigenvalue weighted by atomic mass is 79.9. The van der Waals surface area contributed by atoms with Crippen LogP contribution >= 0.6 is 31.9 Å². The van der Waals surface area contributed by atoms with Crippen LogP contribution in [0, 0.1) is 5.82 Å². The fourth-order valence-corrected chi connectivity index (χ4v) is 1.98. The maximum atomic E-state index is 13.2. The van der Waals surface area contributed by atoms with Crippen molar-refractivity contribution in [2.75, 3.05) is 5.73 Å². The van der Waals surface area contributed by atoms with E-state index in [1.165, 1.54) is 6.07 Å². The van der Waals surface area contributed by atoms with E-state index in [1.54, 1.807) is 0 Å². The molecule has 13 heavy (non-hydrogen) atoms. The van der Waals surface area contributed by atoms with Gasteiger partial charge in [0.2, 0.25) is 0 Å². The standard InChI is InChI=1S/C7H4Br2FNO2/c8-2-1-3(9)6(11)4(5(2)10)7(12)13/h1H,11H2,(H,12,13). The van der Waals surface area contributed by atoms with Gasteiger partial charge in [-0.1, -0.05) is 0 Å². The van der Waals surface area contributed by atoms with Gasteiger partial charge in [0.05, 0.1) is 10.2 Å². The van der Waals surface area contributed by atoms with Crippen molar-refractivity contribution in [1.82, 2.24) is 0 Å². The maximum Gasteiger partial charge on any atom is 0.340 e. The molecule has 70 valence electrons. The molecule has 0 amide bonds. The van der Waals surface area contributed by atoms with Crippen molar-refractivity contribution < 1.29 is 14.3 Å². The molecule has 0 fully saturated rings.